The molecule has 1 heterocycles. The minimum Gasteiger partial charge on any atom is -0.353 e. The van der Waals surface area contributed by atoms with Crippen LogP contribution >= 0.6 is 11.8 Å². The van der Waals surface area contributed by atoms with Crippen molar-refractivity contribution in [3.05, 3.63) is 12.2 Å². The summed E-state index contributed by atoms with van der Waals surface area (Å²) < 4.78 is 5.64. The smallest absolute Gasteiger partial charge is 0.110 e. The first-order valence-electron chi connectivity index (χ1n) is 4.82. The lowest BCUT2D eigenvalue weighted by Crippen LogP contribution is -2.29. The van der Waals surface area contributed by atoms with Crippen LogP contribution in [-0.2, 0) is 4.74 Å². The first-order valence-corrected chi connectivity index (χ1v) is 5.77. The lowest BCUT2D eigenvalue weighted by molar-refractivity contribution is 0.0496. The maximum absolute atomic E-state index is 5.64. The predicted molar refractivity (Wildman–Crippen MR) is 55.2 cm³/mol. The van der Waals surface area contributed by atoms with Crippen molar-refractivity contribution in [2.45, 2.75) is 50.4 Å². The van der Waals surface area contributed by atoms with Crippen LogP contribution in [0, 0.1) is 0 Å². The van der Waals surface area contributed by atoms with E-state index in [1.807, 2.05) is 11.8 Å². The van der Waals surface area contributed by atoms with Gasteiger partial charge in [-0.1, -0.05) is 44.2 Å². The van der Waals surface area contributed by atoms with E-state index in [1.165, 1.54) is 12.8 Å². The van der Waals surface area contributed by atoms with Gasteiger partial charge in [0.15, 0.2) is 0 Å². The summed E-state index contributed by atoms with van der Waals surface area (Å²) in [4.78, 5) is 0. The molecule has 1 fully saturated rings. The molecule has 1 rings (SSSR count). The minimum atomic E-state index is 0.448. The van der Waals surface area contributed by atoms with Crippen LogP contribution in [0.15, 0.2) is 12.2 Å². The first-order chi connectivity index (χ1) is 5.86. The number of allylic oxidation sites excluding steroid dienone is 1. The highest BCUT2D eigenvalue weighted by Crippen LogP contribution is 2.37. The Hall–Kier alpha value is 0.0500. The van der Waals surface area contributed by atoms with E-state index in [0.717, 1.165) is 12.8 Å². The normalized spacial score (nSPS) is 29.2. The third-order valence-corrected chi connectivity index (χ3v) is 3.12. The van der Waals surface area contributed by atoms with Crippen LogP contribution in [0.4, 0.5) is 0 Å². The molecule has 0 aromatic heterocycles. The van der Waals surface area contributed by atoms with Gasteiger partial charge in [0.05, 0.1) is 0 Å². The van der Waals surface area contributed by atoms with Crippen molar-refractivity contribution in [2.75, 3.05) is 0 Å². The molecule has 1 saturated heterocycles. The second-order valence-corrected chi connectivity index (χ2v) is 4.36. The molecule has 1 aliphatic heterocycles. The highest BCUT2D eigenvalue weighted by atomic mass is 32.2. The number of hydrogen-bond donors (Lipinski definition) is 0. The molecule has 70 valence electrons. The molecule has 2 unspecified atom stereocenters. The van der Waals surface area contributed by atoms with E-state index >= 15 is 0 Å². The standard InChI is InChI=1S/C10H18OS/c1-3-5-6-8-10-11-9(12-10)7-4-2/h5-6,9-10H,3-4,7-8H2,1-2H3/b6-5+. The molecule has 0 aromatic rings. The molecular formula is C10H18OS. The lowest BCUT2D eigenvalue weighted by Gasteiger charge is -2.34. The highest BCUT2D eigenvalue weighted by molar-refractivity contribution is 8.01. The van der Waals surface area contributed by atoms with Crippen LogP contribution in [-0.4, -0.2) is 10.9 Å². The molecule has 0 radical (unpaired) electrons. The van der Waals surface area contributed by atoms with Crippen molar-refractivity contribution in [1.82, 2.24) is 0 Å². The molecule has 2 atom stereocenters. The van der Waals surface area contributed by atoms with Gasteiger partial charge in [0.25, 0.3) is 0 Å². The van der Waals surface area contributed by atoms with E-state index < -0.39 is 0 Å². The fourth-order valence-corrected chi connectivity index (χ4v) is 2.36. The average Bonchev–Trinajstić information content (AvgIpc) is 2.00. The Kier molecular flexibility index (Phi) is 4.77. The molecule has 0 amide bonds. The van der Waals surface area contributed by atoms with Crippen molar-refractivity contribution < 1.29 is 4.74 Å². The van der Waals surface area contributed by atoms with Crippen molar-refractivity contribution in [3.8, 4) is 0 Å². The summed E-state index contributed by atoms with van der Waals surface area (Å²) in [5.41, 5.74) is 0.944. The summed E-state index contributed by atoms with van der Waals surface area (Å²) in [7, 11) is 0. The monoisotopic (exact) mass is 186 g/mol. The lowest BCUT2D eigenvalue weighted by atomic mass is 10.3. The summed E-state index contributed by atoms with van der Waals surface area (Å²) in [5, 5.41) is 0. The minimum absolute atomic E-state index is 0.448. The fourth-order valence-electron chi connectivity index (χ4n) is 1.21. The van der Waals surface area contributed by atoms with Crippen LogP contribution in [0.5, 0.6) is 0 Å². The molecule has 2 heteroatoms. The molecule has 12 heavy (non-hydrogen) atoms. The molecule has 1 nitrogen and oxygen atoms in total. The Morgan fingerprint density at radius 1 is 1.25 bits per heavy atom. The van der Waals surface area contributed by atoms with E-state index in [4.69, 9.17) is 4.74 Å². The van der Waals surface area contributed by atoms with Gasteiger partial charge in [0.2, 0.25) is 0 Å². The number of rotatable bonds is 5. The largest absolute Gasteiger partial charge is 0.353 e. The Morgan fingerprint density at radius 3 is 2.58 bits per heavy atom. The zero-order chi connectivity index (χ0) is 8.81. The molecule has 0 saturated carbocycles. The van der Waals surface area contributed by atoms with E-state index in [1.54, 1.807) is 0 Å². The predicted octanol–water partition coefficient (Wildman–Crippen LogP) is 3.56. The van der Waals surface area contributed by atoms with Crippen molar-refractivity contribution >= 4 is 11.8 Å². The first kappa shape index (κ1) is 10.1. The second-order valence-electron chi connectivity index (χ2n) is 3.04. The van der Waals surface area contributed by atoms with Gasteiger partial charge in [0.1, 0.15) is 10.9 Å². The zero-order valence-corrected chi connectivity index (χ0v) is 8.77. The van der Waals surface area contributed by atoms with E-state index in [9.17, 15) is 0 Å². The van der Waals surface area contributed by atoms with Crippen LogP contribution in [0.1, 0.15) is 39.5 Å². The van der Waals surface area contributed by atoms with Crippen LogP contribution in [0.2, 0.25) is 0 Å². The SMILES string of the molecule is CC/C=C/CC1OC(CCC)S1. The molecule has 0 aliphatic carbocycles. The quantitative estimate of drug-likeness (QED) is 0.607. The van der Waals surface area contributed by atoms with Gasteiger partial charge in [-0.3, -0.25) is 0 Å². The number of thioether (sulfide) groups is 1. The van der Waals surface area contributed by atoms with Gasteiger partial charge in [-0.15, -0.1) is 0 Å². The molecule has 0 N–H and O–H groups in total. The van der Waals surface area contributed by atoms with Gasteiger partial charge in [-0.2, -0.15) is 0 Å². The van der Waals surface area contributed by atoms with Gasteiger partial charge in [-0.25, -0.2) is 0 Å². The van der Waals surface area contributed by atoms with Gasteiger partial charge < -0.3 is 4.74 Å². The molecule has 0 bridgehead atoms. The van der Waals surface area contributed by atoms with Gasteiger partial charge in [-0.05, 0) is 12.8 Å². The van der Waals surface area contributed by atoms with Crippen molar-refractivity contribution in [2.24, 2.45) is 0 Å². The Balaban J connectivity index is 1.98. The van der Waals surface area contributed by atoms with Crippen LogP contribution < -0.4 is 0 Å². The molecular weight excluding hydrogens is 168 g/mol. The molecule has 0 spiro atoms. The average molecular weight is 186 g/mol. The van der Waals surface area contributed by atoms with Crippen LogP contribution in [0.25, 0.3) is 0 Å². The third-order valence-electron chi connectivity index (χ3n) is 1.86. The van der Waals surface area contributed by atoms with E-state index in [2.05, 4.69) is 26.0 Å². The van der Waals surface area contributed by atoms with Gasteiger partial charge in [0, 0.05) is 6.42 Å². The summed E-state index contributed by atoms with van der Waals surface area (Å²) in [5.74, 6) is 0. The summed E-state index contributed by atoms with van der Waals surface area (Å²) in [6.45, 7) is 4.36. The van der Waals surface area contributed by atoms with Crippen molar-refractivity contribution in [3.63, 3.8) is 0 Å². The maximum atomic E-state index is 5.64. The molecule has 1 aliphatic rings. The number of ether oxygens (including phenoxy) is 1. The van der Waals surface area contributed by atoms with Crippen LogP contribution in [0.3, 0.4) is 0 Å². The maximum Gasteiger partial charge on any atom is 0.110 e. The van der Waals surface area contributed by atoms with E-state index in [-0.39, 0.29) is 0 Å². The summed E-state index contributed by atoms with van der Waals surface area (Å²) >= 11 is 1.98. The Labute approximate surface area is 79.6 Å². The Morgan fingerprint density at radius 2 is 2.00 bits per heavy atom. The molecule has 0 aromatic carbocycles. The van der Waals surface area contributed by atoms with Gasteiger partial charge >= 0.3 is 0 Å². The number of hydrogen-bond acceptors (Lipinski definition) is 2. The fraction of sp³-hybridized carbons (Fsp3) is 0.800. The summed E-state index contributed by atoms with van der Waals surface area (Å²) in [6, 6.07) is 0. The third kappa shape index (κ3) is 3.20. The second kappa shape index (κ2) is 5.65. The topological polar surface area (TPSA) is 9.23 Å². The Bertz CT molecular complexity index is 139. The summed E-state index contributed by atoms with van der Waals surface area (Å²) in [6.07, 6.45) is 9.08. The van der Waals surface area contributed by atoms with Crippen molar-refractivity contribution in [1.29, 1.82) is 0 Å². The zero-order valence-electron chi connectivity index (χ0n) is 7.95. The van der Waals surface area contributed by atoms with E-state index in [0.29, 0.717) is 10.9 Å². The highest BCUT2D eigenvalue weighted by Gasteiger charge is 2.28.